The predicted molar refractivity (Wildman–Crippen MR) is 59.8 cm³/mol. The van der Waals surface area contributed by atoms with E-state index in [0.29, 0.717) is 0 Å². The first-order valence-electron chi connectivity index (χ1n) is 4.40. The van der Waals surface area contributed by atoms with Gasteiger partial charge in [-0.2, -0.15) is 0 Å². The average molecular weight is 179 g/mol. The lowest BCUT2D eigenvalue weighted by molar-refractivity contribution is 1.36. The Labute approximate surface area is 79.5 Å². The van der Waals surface area contributed by atoms with Crippen LogP contribution in [0.1, 0.15) is 5.56 Å². The predicted octanol–water partition coefficient (Wildman–Crippen LogP) is 2.12. The Balaban J connectivity index is 3.20. The van der Waals surface area contributed by atoms with Crippen LogP contribution in [-0.4, -0.2) is 21.1 Å². The fourth-order valence-corrected chi connectivity index (χ4v) is 1.38. The van der Waals surface area contributed by atoms with E-state index >= 15 is 0 Å². The van der Waals surface area contributed by atoms with Crippen molar-refractivity contribution in [2.75, 3.05) is 37.1 Å². The lowest BCUT2D eigenvalue weighted by Crippen LogP contribution is -2.00. The van der Waals surface area contributed by atoms with Crippen molar-refractivity contribution < 1.29 is 0 Å². The normalized spacial score (nSPS) is 9.54. The highest BCUT2D eigenvalue weighted by Crippen LogP contribution is 2.27. The zero-order chi connectivity index (χ0) is 9.84. The van der Waals surface area contributed by atoms with Crippen molar-refractivity contribution in [3.63, 3.8) is 0 Å². The van der Waals surface area contributed by atoms with Gasteiger partial charge >= 0.3 is 0 Å². The number of anilines is 3. The van der Waals surface area contributed by atoms with Gasteiger partial charge in [-0.3, -0.25) is 0 Å². The molecule has 1 aromatic rings. The Hall–Kier alpha value is -1.38. The van der Waals surface area contributed by atoms with Crippen molar-refractivity contribution in [2.24, 2.45) is 0 Å². The highest BCUT2D eigenvalue weighted by atomic mass is 14.9. The zero-order valence-electron chi connectivity index (χ0n) is 8.65. The summed E-state index contributed by atoms with van der Waals surface area (Å²) in [6.45, 7) is 2.09. The van der Waals surface area contributed by atoms with Crippen LogP contribution in [0.5, 0.6) is 0 Å². The van der Waals surface area contributed by atoms with E-state index in [1.54, 1.807) is 0 Å². The standard InChI is InChI=1S/C10H17N3/c1-7-9(12-3)5-8(11-2)6-10(7)13-4/h5-6,11-13H,1-4H3. The lowest BCUT2D eigenvalue weighted by Gasteiger charge is -2.13. The molecule has 0 aromatic heterocycles. The molecular weight excluding hydrogens is 162 g/mol. The van der Waals surface area contributed by atoms with Crippen molar-refractivity contribution in [1.29, 1.82) is 0 Å². The molecule has 0 heterocycles. The second-order valence-electron chi connectivity index (χ2n) is 2.95. The monoisotopic (exact) mass is 179 g/mol. The highest BCUT2D eigenvalue weighted by molar-refractivity contribution is 5.72. The van der Waals surface area contributed by atoms with Gasteiger partial charge in [0.05, 0.1) is 0 Å². The molecule has 13 heavy (non-hydrogen) atoms. The van der Waals surface area contributed by atoms with Crippen LogP contribution in [0, 0.1) is 6.92 Å². The van der Waals surface area contributed by atoms with E-state index in [0.717, 1.165) is 17.1 Å². The van der Waals surface area contributed by atoms with Gasteiger partial charge in [0.1, 0.15) is 0 Å². The summed E-state index contributed by atoms with van der Waals surface area (Å²) in [4.78, 5) is 0. The fourth-order valence-electron chi connectivity index (χ4n) is 1.38. The van der Waals surface area contributed by atoms with Crippen LogP contribution in [-0.2, 0) is 0 Å². The molecule has 0 spiro atoms. The summed E-state index contributed by atoms with van der Waals surface area (Å²) in [6.07, 6.45) is 0. The van der Waals surface area contributed by atoms with Crippen LogP contribution in [0.4, 0.5) is 17.1 Å². The maximum Gasteiger partial charge on any atom is 0.0408 e. The Bertz CT molecular complexity index is 269. The summed E-state index contributed by atoms with van der Waals surface area (Å²) in [5.41, 5.74) is 4.65. The molecule has 0 fully saturated rings. The lowest BCUT2D eigenvalue weighted by atomic mass is 10.1. The second kappa shape index (κ2) is 4.03. The molecule has 0 aliphatic heterocycles. The summed E-state index contributed by atoms with van der Waals surface area (Å²) in [5, 5.41) is 9.45. The van der Waals surface area contributed by atoms with Crippen molar-refractivity contribution in [1.82, 2.24) is 0 Å². The molecule has 0 saturated heterocycles. The number of benzene rings is 1. The largest absolute Gasteiger partial charge is 0.388 e. The number of hydrogen-bond donors (Lipinski definition) is 3. The van der Waals surface area contributed by atoms with Gasteiger partial charge in [-0.05, 0) is 24.6 Å². The second-order valence-corrected chi connectivity index (χ2v) is 2.95. The van der Waals surface area contributed by atoms with Crippen LogP contribution in [0.2, 0.25) is 0 Å². The van der Waals surface area contributed by atoms with Crippen molar-refractivity contribution in [2.45, 2.75) is 6.92 Å². The highest BCUT2D eigenvalue weighted by Gasteiger charge is 2.03. The maximum absolute atomic E-state index is 3.16. The fraction of sp³-hybridized carbons (Fsp3) is 0.400. The van der Waals surface area contributed by atoms with Crippen molar-refractivity contribution in [3.05, 3.63) is 17.7 Å². The summed E-state index contributed by atoms with van der Waals surface area (Å²) in [5.74, 6) is 0. The quantitative estimate of drug-likeness (QED) is 0.665. The Morgan fingerprint density at radius 1 is 0.846 bits per heavy atom. The van der Waals surface area contributed by atoms with Crippen LogP contribution in [0.3, 0.4) is 0 Å². The van der Waals surface area contributed by atoms with Gasteiger partial charge in [-0.25, -0.2) is 0 Å². The number of hydrogen-bond acceptors (Lipinski definition) is 3. The van der Waals surface area contributed by atoms with E-state index in [2.05, 4.69) is 35.0 Å². The maximum atomic E-state index is 3.16. The summed E-state index contributed by atoms with van der Waals surface area (Å²) in [6, 6.07) is 4.19. The molecule has 0 amide bonds. The van der Waals surface area contributed by atoms with Crippen molar-refractivity contribution in [3.8, 4) is 0 Å². The SMILES string of the molecule is CNc1cc(NC)c(C)c(NC)c1. The average Bonchev–Trinajstić information content (AvgIpc) is 2.18. The first kappa shape index (κ1) is 9.71. The molecule has 72 valence electrons. The molecule has 0 saturated carbocycles. The molecule has 1 aromatic carbocycles. The molecule has 0 aliphatic rings. The Kier molecular flexibility index (Phi) is 3.01. The third-order valence-electron chi connectivity index (χ3n) is 2.24. The minimum absolute atomic E-state index is 1.11. The van der Waals surface area contributed by atoms with E-state index in [4.69, 9.17) is 0 Å². The topological polar surface area (TPSA) is 36.1 Å². The Morgan fingerprint density at radius 3 is 1.62 bits per heavy atom. The minimum Gasteiger partial charge on any atom is -0.388 e. The molecular formula is C10H17N3. The van der Waals surface area contributed by atoms with Gasteiger partial charge in [0.2, 0.25) is 0 Å². The van der Waals surface area contributed by atoms with E-state index < -0.39 is 0 Å². The summed E-state index contributed by atoms with van der Waals surface area (Å²) in [7, 11) is 5.78. The smallest absolute Gasteiger partial charge is 0.0408 e. The Morgan fingerprint density at radius 2 is 1.31 bits per heavy atom. The molecule has 0 atom stereocenters. The first-order chi connectivity index (χ1) is 6.22. The van der Waals surface area contributed by atoms with Crippen LogP contribution in [0.15, 0.2) is 12.1 Å². The number of rotatable bonds is 3. The summed E-state index contributed by atoms with van der Waals surface area (Å²) >= 11 is 0. The molecule has 0 unspecified atom stereocenters. The molecule has 0 bridgehead atoms. The molecule has 3 N–H and O–H groups in total. The number of nitrogens with one attached hydrogen (secondary N) is 3. The molecule has 0 aliphatic carbocycles. The van der Waals surface area contributed by atoms with E-state index in [9.17, 15) is 0 Å². The van der Waals surface area contributed by atoms with Gasteiger partial charge in [0.15, 0.2) is 0 Å². The molecule has 3 heteroatoms. The van der Waals surface area contributed by atoms with Gasteiger partial charge in [-0.1, -0.05) is 0 Å². The third kappa shape index (κ3) is 1.86. The molecule has 3 nitrogen and oxygen atoms in total. The van der Waals surface area contributed by atoms with Gasteiger partial charge in [0, 0.05) is 38.2 Å². The minimum atomic E-state index is 1.11. The molecule has 1 rings (SSSR count). The van der Waals surface area contributed by atoms with Crippen molar-refractivity contribution >= 4 is 17.1 Å². The molecule has 0 radical (unpaired) electrons. The van der Waals surface area contributed by atoms with Crippen LogP contribution < -0.4 is 16.0 Å². The van der Waals surface area contributed by atoms with Crippen LogP contribution in [0.25, 0.3) is 0 Å². The first-order valence-corrected chi connectivity index (χ1v) is 4.40. The van der Waals surface area contributed by atoms with Gasteiger partial charge in [-0.15, -0.1) is 0 Å². The van der Waals surface area contributed by atoms with Crippen LogP contribution >= 0.6 is 0 Å². The van der Waals surface area contributed by atoms with E-state index in [1.807, 2.05) is 21.1 Å². The van der Waals surface area contributed by atoms with Gasteiger partial charge in [0.25, 0.3) is 0 Å². The van der Waals surface area contributed by atoms with E-state index in [1.165, 1.54) is 5.56 Å². The van der Waals surface area contributed by atoms with Gasteiger partial charge < -0.3 is 16.0 Å². The third-order valence-corrected chi connectivity index (χ3v) is 2.24. The summed E-state index contributed by atoms with van der Waals surface area (Å²) < 4.78 is 0. The zero-order valence-corrected chi connectivity index (χ0v) is 8.65. The van der Waals surface area contributed by atoms with E-state index in [-0.39, 0.29) is 0 Å².